The normalized spacial score (nSPS) is 14.3. The van der Waals surface area contributed by atoms with Gasteiger partial charge in [-0.1, -0.05) is 30.5 Å². The van der Waals surface area contributed by atoms with E-state index in [1.165, 1.54) is 6.42 Å². The second-order valence-electron chi connectivity index (χ2n) is 7.04. The summed E-state index contributed by atoms with van der Waals surface area (Å²) in [5.74, 6) is 1.98. The van der Waals surface area contributed by atoms with Crippen molar-refractivity contribution in [3.05, 3.63) is 36.7 Å². The van der Waals surface area contributed by atoms with Crippen LogP contribution in [0.25, 0.3) is 11.4 Å². The fourth-order valence-electron chi connectivity index (χ4n) is 3.46. The lowest BCUT2D eigenvalue weighted by atomic mass is 9.96. The molecular weight excluding hydrogens is 372 g/mol. The molecule has 1 fully saturated rings. The molecule has 0 bridgehead atoms. The van der Waals surface area contributed by atoms with E-state index in [1.54, 1.807) is 37.3 Å². The molecule has 0 aliphatic heterocycles. The van der Waals surface area contributed by atoms with Gasteiger partial charge in [0.1, 0.15) is 6.54 Å². The lowest BCUT2D eigenvalue weighted by Gasteiger charge is -2.27. The van der Waals surface area contributed by atoms with E-state index in [9.17, 15) is 4.79 Å². The van der Waals surface area contributed by atoms with Crippen LogP contribution in [0.1, 0.15) is 38.0 Å². The number of hydrogen-bond acceptors (Lipinski definition) is 6. The Morgan fingerprint density at radius 3 is 2.72 bits per heavy atom. The fourth-order valence-corrected chi connectivity index (χ4v) is 3.46. The van der Waals surface area contributed by atoms with Crippen LogP contribution in [0, 0.1) is 0 Å². The monoisotopic (exact) mass is 400 g/mol. The number of urea groups is 1. The van der Waals surface area contributed by atoms with Crippen molar-refractivity contribution >= 4 is 6.03 Å². The van der Waals surface area contributed by atoms with Crippen LogP contribution in [0.2, 0.25) is 0 Å². The first-order valence-electron chi connectivity index (χ1n) is 9.86. The number of aromatic nitrogens is 2. The maximum absolute atomic E-state index is 12.7. The number of benzene rings is 1. The van der Waals surface area contributed by atoms with E-state index < -0.39 is 0 Å². The van der Waals surface area contributed by atoms with Gasteiger partial charge in [-0.2, -0.15) is 4.98 Å². The molecule has 0 atom stereocenters. The van der Waals surface area contributed by atoms with E-state index in [4.69, 9.17) is 14.0 Å². The maximum Gasteiger partial charge on any atom is 0.318 e. The number of hydrogen-bond donors (Lipinski definition) is 1. The van der Waals surface area contributed by atoms with E-state index in [-0.39, 0.29) is 18.6 Å². The molecule has 1 aliphatic rings. The summed E-state index contributed by atoms with van der Waals surface area (Å²) >= 11 is 0. The second kappa shape index (κ2) is 9.95. The highest BCUT2D eigenvalue weighted by atomic mass is 16.5. The zero-order valence-corrected chi connectivity index (χ0v) is 17.0. The second-order valence-corrected chi connectivity index (χ2v) is 7.04. The highest BCUT2D eigenvalue weighted by Gasteiger charge is 2.21. The summed E-state index contributed by atoms with van der Waals surface area (Å²) in [5, 5.41) is 7.15. The Labute approximate surface area is 170 Å². The van der Waals surface area contributed by atoms with Crippen LogP contribution in [-0.2, 0) is 6.54 Å². The van der Waals surface area contributed by atoms with Crippen molar-refractivity contribution in [1.82, 2.24) is 20.4 Å². The third-order valence-electron chi connectivity index (χ3n) is 5.01. The van der Waals surface area contributed by atoms with Crippen molar-refractivity contribution in [2.24, 2.45) is 0 Å². The number of methoxy groups -OCH3 is 2. The van der Waals surface area contributed by atoms with Crippen LogP contribution in [0.5, 0.6) is 11.5 Å². The third kappa shape index (κ3) is 5.28. The molecule has 0 unspecified atom stereocenters. The Bertz CT molecular complexity index is 830. The molecule has 0 saturated heterocycles. The van der Waals surface area contributed by atoms with E-state index in [0.29, 0.717) is 29.8 Å². The average Bonchev–Trinajstić information content (AvgIpc) is 3.22. The Morgan fingerprint density at radius 1 is 1.28 bits per heavy atom. The number of carbonyl (C=O) groups is 1. The van der Waals surface area contributed by atoms with Gasteiger partial charge < -0.3 is 24.2 Å². The largest absolute Gasteiger partial charge is 0.493 e. The predicted octanol–water partition coefficient (Wildman–Crippen LogP) is 3.78. The third-order valence-corrected chi connectivity index (χ3v) is 5.01. The minimum absolute atomic E-state index is 0.136. The quantitative estimate of drug-likeness (QED) is 0.678. The van der Waals surface area contributed by atoms with Crippen LogP contribution in [0.15, 0.2) is 35.4 Å². The molecule has 1 N–H and O–H groups in total. The summed E-state index contributed by atoms with van der Waals surface area (Å²) in [6, 6.07) is 5.49. The first-order chi connectivity index (χ1) is 14.1. The van der Waals surface area contributed by atoms with Crippen molar-refractivity contribution in [2.45, 2.75) is 44.7 Å². The van der Waals surface area contributed by atoms with Crippen molar-refractivity contribution in [3.63, 3.8) is 0 Å². The van der Waals surface area contributed by atoms with Crippen LogP contribution in [0.3, 0.4) is 0 Å². The number of carbonyl (C=O) groups excluding carboxylic acids is 1. The van der Waals surface area contributed by atoms with E-state index in [0.717, 1.165) is 31.2 Å². The Hall–Kier alpha value is -3.03. The standard InChI is InChI=1S/C21H28N4O4/c1-4-12-25(21(26)22-16-8-6-5-7-9-16)14-19-23-20(24-29-19)15-10-11-17(27-2)18(13-15)28-3/h4,10-11,13,16H,1,5-9,12,14H2,2-3H3,(H,22,26). The summed E-state index contributed by atoms with van der Waals surface area (Å²) in [7, 11) is 3.15. The molecule has 3 rings (SSSR count). The maximum atomic E-state index is 12.7. The van der Waals surface area contributed by atoms with Crippen molar-refractivity contribution in [1.29, 1.82) is 0 Å². The Kier molecular flexibility index (Phi) is 7.10. The van der Waals surface area contributed by atoms with Gasteiger partial charge in [-0.25, -0.2) is 4.79 Å². The summed E-state index contributed by atoms with van der Waals surface area (Å²) < 4.78 is 15.9. The van der Waals surface area contributed by atoms with Crippen LogP contribution in [0.4, 0.5) is 4.79 Å². The van der Waals surface area contributed by atoms with E-state index in [1.807, 2.05) is 6.07 Å². The molecule has 8 nitrogen and oxygen atoms in total. The molecule has 1 saturated carbocycles. The summed E-state index contributed by atoms with van der Waals surface area (Å²) in [6.45, 7) is 4.35. The molecule has 29 heavy (non-hydrogen) atoms. The van der Waals surface area contributed by atoms with Gasteiger partial charge in [0.25, 0.3) is 0 Å². The van der Waals surface area contributed by atoms with Gasteiger partial charge in [0.05, 0.1) is 14.2 Å². The minimum atomic E-state index is -0.136. The molecule has 1 aromatic heterocycles. The Balaban J connectivity index is 1.69. The summed E-state index contributed by atoms with van der Waals surface area (Å²) in [6.07, 6.45) is 7.29. The lowest BCUT2D eigenvalue weighted by molar-refractivity contribution is 0.185. The highest BCUT2D eigenvalue weighted by Crippen LogP contribution is 2.31. The molecule has 1 aliphatic carbocycles. The van der Waals surface area contributed by atoms with Crippen molar-refractivity contribution in [2.75, 3.05) is 20.8 Å². The molecule has 8 heteroatoms. The molecule has 1 aromatic carbocycles. The van der Waals surface area contributed by atoms with Gasteiger partial charge >= 0.3 is 6.03 Å². The van der Waals surface area contributed by atoms with Crippen LogP contribution >= 0.6 is 0 Å². The number of amides is 2. The van der Waals surface area contributed by atoms with Gasteiger partial charge in [-0.05, 0) is 31.0 Å². The van der Waals surface area contributed by atoms with E-state index in [2.05, 4.69) is 22.0 Å². The molecule has 2 amide bonds. The zero-order valence-electron chi connectivity index (χ0n) is 17.0. The molecule has 0 spiro atoms. The average molecular weight is 400 g/mol. The summed E-state index contributed by atoms with van der Waals surface area (Å²) in [4.78, 5) is 18.7. The van der Waals surface area contributed by atoms with Crippen molar-refractivity contribution in [3.8, 4) is 22.9 Å². The fraction of sp³-hybridized carbons (Fsp3) is 0.476. The first kappa shape index (κ1) is 20.7. The van der Waals surface area contributed by atoms with Gasteiger partial charge in [-0.3, -0.25) is 0 Å². The lowest BCUT2D eigenvalue weighted by Crippen LogP contribution is -2.45. The summed E-state index contributed by atoms with van der Waals surface area (Å²) in [5.41, 5.74) is 0.736. The molecular formula is C21H28N4O4. The molecule has 2 aromatic rings. The highest BCUT2D eigenvalue weighted by molar-refractivity contribution is 5.74. The van der Waals surface area contributed by atoms with Gasteiger partial charge in [0, 0.05) is 18.2 Å². The van der Waals surface area contributed by atoms with Crippen molar-refractivity contribution < 1.29 is 18.8 Å². The number of ether oxygens (including phenoxy) is 2. The van der Waals surface area contributed by atoms with Crippen LogP contribution in [-0.4, -0.2) is 47.9 Å². The van der Waals surface area contributed by atoms with Gasteiger partial charge in [0.15, 0.2) is 11.5 Å². The van der Waals surface area contributed by atoms with Gasteiger partial charge in [-0.15, -0.1) is 6.58 Å². The predicted molar refractivity (Wildman–Crippen MR) is 109 cm³/mol. The number of nitrogens with zero attached hydrogens (tertiary/aromatic N) is 3. The first-order valence-corrected chi connectivity index (χ1v) is 9.86. The molecule has 1 heterocycles. The van der Waals surface area contributed by atoms with E-state index >= 15 is 0 Å². The molecule has 0 radical (unpaired) electrons. The van der Waals surface area contributed by atoms with Crippen LogP contribution < -0.4 is 14.8 Å². The molecule has 156 valence electrons. The SMILES string of the molecule is C=CCN(Cc1nc(-c2ccc(OC)c(OC)c2)no1)C(=O)NC1CCCCC1. The topological polar surface area (TPSA) is 89.7 Å². The van der Waals surface area contributed by atoms with Gasteiger partial charge in [0.2, 0.25) is 11.7 Å². The number of rotatable bonds is 8. The zero-order chi connectivity index (χ0) is 20.6. The smallest absolute Gasteiger partial charge is 0.318 e. The Morgan fingerprint density at radius 2 is 2.03 bits per heavy atom. The minimum Gasteiger partial charge on any atom is -0.493 e. The number of nitrogens with one attached hydrogen (secondary N) is 1.